The Morgan fingerprint density at radius 1 is 1.04 bits per heavy atom. The molecule has 0 unspecified atom stereocenters. The number of anilines is 1. The number of hydrogen-bond donors (Lipinski definition) is 1. The number of hydrogen-bond acceptors (Lipinski definition) is 4. The molecule has 1 aromatic heterocycles. The number of pyridine rings is 1. The van der Waals surface area contributed by atoms with Gasteiger partial charge in [-0.3, -0.25) is 9.59 Å². The molecular weight excluding hydrogens is 335 g/mol. The van der Waals surface area contributed by atoms with Gasteiger partial charge in [0.1, 0.15) is 18.1 Å². The van der Waals surface area contributed by atoms with Crippen molar-refractivity contribution in [3.63, 3.8) is 0 Å². The van der Waals surface area contributed by atoms with Crippen molar-refractivity contribution in [1.82, 2.24) is 15.2 Å². The van der Waals surface area contributed by atoms with Crippen molar-refractivity contribution in [3.05, 3.63) is 60.0 Å². The summed E-state index contributed by atoms with van der Waals surface area (Å²) in [5.41, 5.74) is 0.788. The van der Waals surface area contributed by atoms with Crippen molar-refractivity contribution >= 4 is 17.6 Å². The summed E-state index contributed by atoms with van der Waals surface area (Å²) in [5.74, 6) is 0.0745. The minimum absolute atomic E-state index is 0.176. The molecule has 1 aromatic carbocycles. The molecule has 0 radical (unpaired) electrons. The number of carbonyl (C=O) groups is 2. The Labute approximate surface area is 151 Å². The zero-order valence-corrected chi connectivity index (χ0v) is 14.4. The Morgan fingerprint density at radius 3 is 2.42 bits per heavy atom. The fourth-order valence-electron chi connectivity index (χ4n) is 2.84. The third-order valence-electron chi connectivity index (χ3n) is 4.32. The van der Waals surface area contributed by atoms with Crippen LogP contribution in [-0.4, -0.2) is 47.9 Å². The molecular formula is C19H21FN4O2. The van der Waals surface area contributed by atoms with Gasteiger partial charge in [0, 0.05) is 38.9 Å². The zero-order valence-electron chi connectivity index (χ0n) is 14.4. The first-order chi connectivity index (χ1) is 12.6. The minimum Gasteiger partial charge on any atom is -0.353 e. The Morgan fingerprint density at radius 2 is 1.77 bits per heavy atom. The van der Waals surface area contributed by atoms with Crippen LogP contribution in [0.15, 0.2) is 48.7 Å². The second-order valence-electron chi connectivity index (χ2n) is 6.14. The van der Waals surface area contributed by atoms with Crippen LogP contribution >= 0.6 is 0 Å². The summed E-state index contributed by atoms with van der Waals surface area (Å²) in [4.78, 5) is 32.4. The van der Waals surface area contributed by atoms with Crippen LogP contribution < -0.4 is 10.2 Å². The average Bonchev–Trinajstić information content (AvgIpc) is 2.68. The van der Waals surface area contributed by atoms with Crippen LogP contribution in [0, 0.1) is 5.82 Å². The van der Waals surface area contributed by atoms with E-state index in [2.05, 4.69) is 15.2 Å². The topological polar surface area (TPSA) is 65.5 Å². The van der Waals surface area contributed by atoms with Crippen LogP contribution in [0.25, 0.3) is 0 Å². The highest BCUT2D eigenvalue weighted by Crippen LogP contribution is 2.13. The summed E-state index contributed by atoms with van der Waals surface area (Å²) >= 11 is 0. The molecule has 2 aromatic rings. The van der Waals surface area contributed by atoms with E-state index in [1.807, 2.05) is 18.2 Å². The maximum Gasteiger partial charge on any atom is 0.232 e. The maximum absolute atomic E-state index is 12.9. The van der Waals surface area contributed by atoms with Crippen LogP contribution in [0.4, 0.5) is 10.2 Å². The van der Waals surface area contributed by atoms with Crippen molar-refractivity contribution in [2.24, 2.45) is 0 Å². The summed E-state index contributed by atoms with van der Waals surface area (Å²) in [6.45, 7) is 2.81. The molecule has 0 saturated carbocycles. The number of halogens is 1. The highest BCUT2D eigenvalue weighted by molar-refractivity contribution is 5.96. The number of nitrogens with one attached hydrogen (secondary N) is 1. The molecule has 0 spiro atoms. The van der Waals surface area contributed by atoms with Gasteiger partial charge in [-0.2, -0.15) is 0 Å². The van der Waals surface area contributed by atoms with Crippen molar-refractivity contribution in [3.8, 4) is 0 Å². The molecule has 26 heavy (non-hydrogen) atoms. The van der Waals surface area contributed by atoms with Crippen molar-refractivity contribution < 1.29 is 14.0 Å². The molecule has 136 valence electrons. The largest absolute Gasteiger partial charge is 0.353 e. The van der Waals surface area contributed by atoms with Gasteiger partial charge in [0.2, 0.25) is 11.8 Å². The van der Waals surface area contributed by atoms with Gasteiger partial charge in [-0.1, -0.05) is 18.2 Å². The lowest BCUT2D eigenvalue weighted by atomic mass is 10.2. The summed E-state index contributed by atoms with van der Waals surface area (Å²) in [6.07, 6.45) is 1.57. The van der Waals surface area contributed by atoms with Crippen molar-refractivity contribution in [2.75, 3.05) is 31.1 Å². The number of benzene rings is 1. The smallest absolute Gasteiger partial charge is 0.232 e. The van der Waals surface area contributed by atoms with Crippen molar-refractivity contribution in [2.45, 2.75) is 13.0 Å². The SMILES string of the molecule is O=C(CC(=O)N1CCN(c2ccccn2)CC1)NCc1ccc(F)cc1. The van der Waals surface area contributed by atoms with E-state index in [1.54, 1.807) is 23.2 Å². The van der Waals surface area contributed by atoms with Gasteiger partial charge in [0.05, 0.1) is 0 Å². The van der Waals surface area contributed by atoms with Gasteiger partial charge >= 0.3 is 0 Å². The quantitative estimate of drug-likeness (QED) is 0.826. The molecule has 1 aliphatic rings. The lowest BCUT2D eigenvalue weighted by Gasteiger charge is -2.35. The molecule has 3 rings (SSSR count). The van der Waals surface area contributed by atoms with E-state index >= 15 is 0 Å². The summed E-state index contributed by atoms with van der Waals surface area (Å²) < 4.78 is 12.9. The van der Waals surface area contributed by atoms with E-state index in [0.717, 1.165) is 11.4 Å². The number of carbonyl (C=O) groups excluding carboxylic acids is 2. The Bertz CT molecular complexity index is 744. The normalized spacial score (nSPS) is 14.2. The predicted molar refractivity (Wildman–Crippen MR) is 95.9 cm³/mol. The number of piperazine rings is 1. The standard InChI is InChI=1S/C19H21FN4O2/c20-16-6-4-15(5-7-16)14-22-18(25)13-19(26)24-11-9-23(10-12-24)17-3-1-2-8-21-17/h1-8H,9-14H2,(H,22,25). The van der Waals surface area contributed by atoms with Crippen LogP contribution in [0.3, 0.4) is 0 Å². The second kappa shape index (κ2) is 8.42. The maximum atomic E-state index is 12.9. The fraction of sp³-hybridized carbons (Fsp3) is 0.316. The summed E-state index contributed by atoms with van der Waals surface area (Å²) in [6, 6.07) is 11.6. The van der Waals surface area contributed by atoms with E-state index in [9.17, 15) is 14.0 Å². The molecule has 1 saturated heterocycles. The first kappa shape index (κ1) is 17.8. The number of nitrogens with zero attached hydrogens (tertiary/aromatic N) is 3. The first-order valence-electron chi connectivity index (χ1n) is 8.57. The molecule has 1 N–H and O–H groups in total. The van der Waals surface area contributed by atoms with Crippen LogP contribution in [0.1, 0.15) is 12.0 Å². The third-order valence-corrected chi connectivity index (χ3v) is 4.32. The monoisotopic (exact) mass is 356 g/mol. The van der Waals surface area contributed by atoms with E-state index in [-0.39, 0.29) is 30.6 Å². The van der Waals surface area contributed by atoms with Gasteiger partial charge in [-0.25, -0.2) is 9.37 Å². The molecule has 2 heterocycles. The van der Waals surface area contributed by atoms with Crippen LogP contribution in [0.5, 0.6) is 0 Å². The molecule has 1 aliphatic heterocycles. The van der Waals surface area contributed by atoms with Crippen LogP contribution in [0.2, 0.25) is 0 Å². The summed E-state index contributed by atoms with van der Waals surface area (Å²) in [5, 5.41) is 2.69. The van der Waals surface area contributed by atoms with Crippen LogP contribution in [-0.2, 0) is 16.1 Å². The lowest BCUT2D eigenvalue weighted by molar-refractivity contribution is -0.136. The molecule has 7 heteroatoms. The fourth-order valence-corrected chi connectivity index (χ4v) is 2.84. The lowest BCUT2D eigenvalue weighted by Crippen LogP contribution is -2.49. The third kappa shape index (κ3) is 4.78. The van der Waals surface area contributed by atoms with E-state index in [1.165, 1.54) is 12.1 Å². The molecule has 1 fully saturated rings. The van der Waals surface area contributed by atoms with E-state index in [0.29, 0.717) is 26.2 Å². The van der Waals surface area contributed by atoms with Gasteiger partial charge < -0.3 is 15.1 Å². The second-order valence-corrected chi connectivity index (χ2v) is 6.14. The Hall–Kier alpha value is -2.96. The molecule has 6 nitrogen and oxygen atoms in total. The van der Waals surface area contributed by atoms with Crippen molar-refractivity contribution in [1.29, 1.82) is 0 Å². The van der Waals surface area contributed by atoms with Gasteiger partial charge in [0.15, 0.2) is 0 Å². The van der Waals surface area contributed by atoms with E-state index in [4.69, 9.17) is 0 Å². The highest BCUT2D eigenvalue weighted by atomic mass is 19.1. The Kier molecular flexibility index (Phi) is 5.78. The molecule has 0 aliphatic carbocycles. The average molecular weight is 356 g/mol. The summed E-state index contributed by atoms with van der Waals surface area (Å²) in [7, 11) is 0. The molecule has 0 bridgehead atoms. The zero-order chi connectivity index (χ0) is 18.4. The van der Waals surface area contributed by atoms with Gasteiger partial charge in [0.25, 0.3) is 0 Å². The number of rotatable bonds is 5. The molecule has 0 atom stereocenters. The number of amides is 2. The number of aromatic nitrogens is 1. The highest BCUT2D eigenvalue weighted by Gasteiger charge is 2.23. The van der Waals surface area contributed by atoms with Gasteiger partial charge in [-0.05, 0) is 29.8 Å². The molecule has 2 amide bonds. The van der Waals surface area contributed by atoms with Gasteiger partial charge in [-0.15, -0.1) is 0 Å². The van der Waals surface area contributed by atoms with E-state index < -0.39 is 0 Å². The minimum atomic E-state index is -0.327. The first-order valence-corrected chi connectivity index (χ1v) is 8.57. The predicted octanol–water partition coefficient (Wildman–Crippen LogP) is 1.58. The Balaban J connectivity index is 1.42.